The lowest BCUT2D eigenvalue weighted by Crippen LogP contribution is -2.31. The SMILES string of the molecule is O=C(N[C@@H]1CCCc2ccccc21)c1cccc2nccnc12. The third-order valence-electron chi connectivity index (χ3n) is 4.42. The van der Waals surface area contributed by atoms with Gasteiger partial charge < -0.3 is 5.32 Å². The third-order valence-corrected chi connectivity index (χ3v) is 4.42. The number of carbonyl (C=O) groups is 1. The number of amides is 1. The molecule has 1 aliphatic rings. The van der Waals surface area contributed by atoms with Gasteiger partial charge in [-0.3, -0.25) is 14.8 Å². The fraction of sp³-hybridized carbons (Fsp3) is 0.211. The molecule has 1 atom stereocenters. The molecule has 0 unspecified atom stereocenters. The monoisotopic (exact) mass is 303 g/mol. The second-order valence-electron chi connectivity index (χ2n) is 5.85. The van der Waals surface area contributed by atoms with Gasteiger partial charge in [-0.25, -0.2) is 0 Å². The van der Waals surface area contributed by atoms with E-state index in [1.807, 2.05) is 18.2 Å². The summed E-state index contributed by atoms with van der Waals surface area (Å²) in [4.78, 5) is 21.3. The lowest BCUT2D eigenvalue weighted by molar-refractivity contribution is 0.0934. The van der Waals surface area contributed by atoms with Crippen LogP contribution in [0.5, 0.6) is 0 Å². The van der Waals surface area contributed by atoms with E-state index in [0.29, 0.717) is 11.1 Å². The smallest absolute Gasteiger partial charge is 0.254 e. The first-order chi connectivity index (χ1) is 11.3. The largest absolute Gasteiger partial charge is 0.345 e. The summed E-state index contributed by atoms with van der Waals surface area (Å²) >= 11 is 0. The van der Waals surface area contributed by atoms with Gasteiger partial charge in [0.15, 0.2) is 0 Å². The number of nitrogens with one attached hydrogen (secondary N) is 1. The van der Waals surface area contributed by atoms with Crippen LogP contribution in [0.4, 0.5) is 0 Å². The molecule has 0 saturated carbocycles. The number of hydrogen-bond donors (Lipinski definition) is 1. The van der Waals surface area contributed by atoms with Crippen LogP contribution >= 0.6 is 0 Å². The third kappa shape index (κ3) is 2.57. The van der Waals surface area contributed by atoms with Crippen molar-refractivity contribution in [2.75, 3.05) is 0 Å². The van der Waals surface area contributed by atoms with E-state index < -0.39 is 0 Å². The second kappa shape index (κ2) is 5.80. The molecule has 1 aromatic heterocycles. The van der Waals surface area contributed by atoms with Gasteiger partial charge in [0.05, 0.1) is 17.1 Å². The minimum Gasteiger partial charge on any atom is -0.345 e. The van der Waals surface area contributed by atoms with E-state index in [1.165, 1.54) is 11.1 Å². The quantitative estimate of drug-likeness (QED) is 0.789. The zero-order chi connectivity index (χ0) is 15.6. The van der Waals surface area contributed by atoms with Crippen molar-refractivity contribution in [3.05, 3.63) is 71.5 Å². The number of aryl methyl sites for hydroxylation is 1. The maximum absolute atomic E-state index is 12.8. The molecule has 1 amide bonds. The van der Waals surface area contributed by atoms with Gasteiger partial charge in [0, 0.05) is 12.4 Å². The van der Waals surface area contributed by atoms with E-state index in [4.69, 9.17) is 0 Å². The fourth-order valence-electron chi connectivity index (χ4n) is 3.32. The number of nitrogens with zero attached hydrogens (tertiary/aromatic N) is 2. The van der Waals surface area contributed by atoms with Crippen molar-refractivity contribution in [2.45, 2.75) is 25.3 Å². The van der Waals surface area contributed by atoms with Gasteiger partial charge in [-0.2, -0.15) is 0 Å². The fourth-order valence-corrected chi connectivity index (χ4v) is 3.32. The van der Waals surface area contributed by atoms with E-state index >= 15 is 0 Å². The van der Waals surface area contributed by atoms with Crippen molar-refractivity contribution < 1.29 is 4.79 Å². The van der Waals surface area contributed by atoms with Crippen LogP contribution in [0.3, 0.4) is 0 Å². The van der Waals surface area contributed by atoms with E-state index in [1.54, 1.807) is 18.5 Å². The molecule has 3 aromatic rings. The van der Waals surface area contributed by atoms with Gasteiger partial charge in [-0.1, -0.05) is 30.3 Å². The van der Waals surface area contributed by atoms with Gasteiger partial charge in [0.1, 0.15) is 5.52 Å². The highest BCUT2D eigenvalue weighted by molar-refractivity contribution is 6.04. The van der Waals surface area contributed by atoms with Crippen LogP contribution in [-0.4, -0.2) is 15.9 Å². The number of benzene rings is 2. The predicted octanol–water partition coefficient (Wildman–Crippen LogP) is 3.44. The Morgan fingerprint density at radius 1 is 1.04 bits per heavy atom. The predicted molar refractivity (Wildman–Crippen MR) is 89.1 cm³/mol. The highest BCUT2D eigenvalue weighted by Gasteiger charge is 2.22. The first-order valence-corrected chi connectivity index (χ1v) is 7.91. The molecular weight excluding hydrogens is 286 g/mol. The van der Waals surface area contributed by atoms with Crippen molar-refractivity contribution >= 4 is 16.9 Å². The lowest BCUT2D eigenvalue weighted by Gasteiger charge is -2.26. The molecule has 0 radical (unpaired) electrons. The van der Waals surface area contributed by atoms with Gasteiger partial charge in [0.2, 0.25) is 0 Å². The average molecular weight is 303 g/mol. The van der Waals surface area contributed by atoms with E-state index in [-0.39, 0.29) is 11.9 Å². The molecule has 0 fully saturated rings. The van der Waals surface area contributed by atoms with Crippen molar-refractivity contribution in [1.82, 2.24) is 15.3 Å². The number of carbonyl (C=O) groups excluding carboxylic acids is 1. The molecule has 4 rings (SSSR count). The molecule has 0 saturated heterocycles. The summed E-state index contributed by atoms with van der Waals surface area (Å²) in [7, 11) is 0. The molecule has 4 nitrogen and oxygen atoms in total. The van der Waals surface area contributed by atoms with Crippen molar-refractivity contribution in [3.63, 3.8) is 0 Å². The van der Waals surface area contributed by atoms with E-state index in [9.17, 15) is 4.79 Å². The number of fused-ring (bicyclic) bond motifs is 2. The van der Waals surface area contributed by atoms with Crippen molar-refractivity contribution in [1.29, 1.82) is 0 Å². The standard InChI is InChI=1S/C19H17N3O/c23-19(15-8-4-10-17-18(15)21-12-11-20-17)22-16-9-3-6-13-5-1-2-7-14(13)16/h1-2,4-5,7-8,10-12,16H,3,6,9H2,(H,22,23)/t16-/m1/s1. The molecule has 4 heteroatoms. The molecule has 1 N–H and O–H groups in total. The average Bonchev–Trinajstić information content (AvgIpc) is 2.61. The maximum Gasteiger partial charge on any atom is 0.254 e. The van der Waals surface area contributed by atoms with Gasteiger partial charge in [0.25, 0.3) is 5.91 Å². The molecular formula is C19H17N3O. The van der Waals surface area contributed by atoms with Crippen LogP contribution in [0.1, 0.15) is 40.4 Å². The highest BCUT2D eigenvalue weighted by atomic mass is 16.1. The molecule has 0 bridgehead atoms. The summed E-state index contributed by atoms with van der Waals surface area (Å²) in [5.41, 5.74) is 4.54. The Morgan fingerprint density at radius 3 is 2.87 bits per heavy atom. The molecule has 0 spiro atoms. The first-order valence-electron chi connectivity index (χ1n) is 7.91. The minimum atomic E-state index is -0.0854. The lowest BCUT2D eigenvalue weighted by atomic mass is 9.87. The minimum absolute atomic E-state index is 0.0689. The number of para-hydroxylation sites is 1. The normalized spacial score (nSPS) is 16.8. The van der Waals surface area contributed by atoms with Gasteiger partial charge in [-0.05, 0) is 42.5 Å². The molecule has 114 valence electrons. The van der Waals surface area contributed by atoms with Crippen LogP contribution in [-0.2, 0) is 6.42 Å². The maximum atomic E-state index is 12.8. The van der Waals surface area contributed by atoms with Crippen LogP contribution in [0.25, 0.3) is 11.0 Å². The Bertz CT molecular complexity index is 870. The molecule has 2 aromatic carbocycles. The van der Waals surface area contributed by atoms with E-state index in [2.05, 4.69) is 33.5 Å². The van der Waals surface area contributed by atoms with Crippen molar-refractivity contribution in [3.8, 4) is 0 Å². The number of aromatic nitrogens is 2. The Hall–Kier alpha value is -2.75. The van der Waals surface area contributed by atoms with Gasteiger partial charge >= 0.3 is 0 Å². The summed E-state index contributed by atoms with van der Waals surface area (Å²) in [6.07, 6.45) is 6.41. The Kier molecular flexibility index (Phi) is 3.50. The highest BCUT2D eigenvalue weighted by Crippen LogP contribution is 2.29. The number of hydrogen-bond acceptors (Lipinski definition) is 3. The first kappa shape index (κ1) is 13.9. The zero-order valence-corrected chi connectivity index (χ0v) is 12.7. The molecule has 0 aliphatic heterocycles. The van der Waals surface area contributed by atoms with Crippen molar-refractivity contribution in [2.24, 2.45) is 0 Å². The Morgan fingerprint density at radius 2 is 1.91 bits per heavy atom. The van der Waals surface area contributed by atoms with E-state index in [0.717, 1.165) is 24.8 Å². The Balaban J connectivity index is 1.66. The number of rotatable bonds is 2. The summed E-state index contributed by atoms with van der Waals surface area (Å²) in [6.45, 7) is 0. The van der Waals surface area contributed by atoms with Gasteiger partial charge in [-0.15, -0.1) is 0 Å². The molecule has 1 heterocycles. The Labute approximate surface area is 134 Å². The topological polar surface area (TPSA) is 54.9 Å². The molecule has 1 aliphatic carbocycles. The second-order valence-corrected chi connectivity index (χ2v) is 5.85. The van der Waals surface area contributed by atoms with Crippen LogP contribution in [0.2, 0.25) is 0 Å². The summed E-state index contributed by atoms with van der Waals surface area (Å²) in [5, 5.41) is 3.18. The summed E-state index contributed by atoms with van der Waals surface area (Å²) in [5.74, 6) is -0.0854. The summed E-state index contributed by atoms with van der Waals surface area (Å²) in [6, 6.07) is 14.0. The van der Waals surface area contributed by atoms with Crippen LogP contribution in [0.15, 0.2) is 54.9 Å². The van der Waals surface area contributed by atoms with Crippen LogP contribution in [0, 0.1) is 0 Å². The zero-order valence-electron chi connectivity index (χ0n) is 12.7. The van der Waals surface area contributed by atoms with Crippen LogP contribution < -0.4 is 5.32 Å². The summed E-state index contributed by atoms with van der Waals surface area (Å²) < 4.78 is 0. The molecule has 23 heavy (non-hydrogen) atoms.